The van der Waals surface area contributed by atoms with Crippen LogP contribution in [0.3, 0.4) is 0 Å². The number of anilines is 1. The standard InChI is InChI=1S/C20H23N3O4S/c1-21(2)15-8-6-14(7-9-15)18(24)22-10-11-23(16(13-22)20(26)27-3)19(25)17-5-4-12-28-17/h4-9,12,16H,10-11,13H2,1-3H3. The Hall–Kier alpha value is -2.87. The Balaban J connectivity index is 1.77. The van der Waals surface area contributed by atoms with Gasteiger partial charge in [-0.25, -0.2) is 4.79 Å². The largest absolute Gasteiger partial charge is 0.467 e. The van der Waals surface area contributed by atoms with Crippen molar-refractivity contribution >= 4 is 34.8 Å². The lowest BCUT2D eigenvalue weighted by Gasteiger charge is -2.39. The van der Waals surface area contributed by atoms with Gasteiger partial charge >= 0.3 is 5.97 Å². The molecule has 0 bridgehead atoms. The molecule has 1 atom stereocenters. The van der Waals surface area contributed by atoms with Gasteiger partial charge in [0.15, 0.2) is 0 Å². The Bertz CT molecular complexity index is 849. The number of carbonyl (C=O) groups excluding carboxylic acids is 3. The van der Waals surface area contributed by atoms with Gasteiger partial charge in [0.25, 0.3) is 11.8 Å². The summed E-state index contributed by atoms with van der Waals surface area (Å²) in [5.41, 5.74) is 1.54. The number of piperazine rings is 1. The van der Waals surface area contributed by atoms with E-state index >= 15 is 0 Å². The molecule has 7 nitrogen and oxygen atoms in total. The molecule has 0 spiro atoms. The Labute approximate surface area is 168 Å². The molecule has 0 N–H and O–H groups in total. The number of ether oxygens (including phenoxy) is 1. The van der Waals surface area contributed by atoms with Gasteiger partial charge in [-0.1, -0.05) is 6.07 Å². The van der Waals surface area contributed by atoms with Gasteiger partial charge < -0.3 is 19.4 Å². The van der Waals surface area contributed by atoms with Crippen LogP contribution in [-0.2, 0) is 9.53 Å². The maximum Gasteiger partial charge on any atom is 0.330 e. The lowest BCUT2D eigenvalue weighted by Crippen LogP contribution is -2.59. The average molecular weight is 401 g/mol. The molecule has 2 aromatic rings. The van der Waals surface area contributed by atoms with Crippen LogP contribution in [0.15, 0.2) is 41.8 Å². The van der Waals surface area contributed by atoms with Crippen LogP contribution in [0.4, 0.5) is 5.69 Å². The molecule has 1 saturated heterocycles. The molecular weight excluding hydrogens is 378 g/mol. The minimum Gasteiger partial charge on any atom is -0.467 e. The van der Waals surface area contributed by atoms with Crippen molar-refractivity contribution in [2.75, 3.05) is 45.7 Å². The highest BCUT2D eigenvalue weighted by atomic mass is 32.1. The number of amides is 2. The number of rotatable bonds is 4. The first kappa shape index (κ1) is 19.9. The van der Waals surface area contributed by atoms with Crippen LogP contribution in [0.5, 0.6) is 0 Å². The van der Waals surface area contributed by atoms with Gasteiger partial charge in [-0.3, -0.25) is 9.59 Å². The van der Waals surface area contributed by atoms with Crippen molar-refractivity contribution in [1.29, 1.82) is 0 Å². The summed E-state index contributed by atoms with van der Waals surface area (Å²) in [6.07, 6.45) is 0. The zero-order valence-electron chi connectivity index (χ0n) is 16.1. The molecule has 0 saturated carbocycles. The van der Waals surface area contributed by atoms with E-state index in [1.807, 2.05) is 36.5 Å². The van der Waals surface area contributed by atoms with E-state index in [4.69, 9.17) is 4.74 Å². The second kappa shape index (κ2) is 8.43. The van der Waals surface area contributed by atoms with E-state index in [0.29, 0.717) is 17.0 Å². The zero-order valence-corrected chi connectivity index (χ0v) is 16.9. The predicted octanol–water partition coefficient (Wildman–Crippen LogP) is 1.95. The number of nitrogens with zero attached hydrogens (tertiary/aromatic N) is 3. The summed E-state index contributed by atoms with van der Waals surface area (Å²) in [6, 6.07) is 10.00. The summed E-state index contributed by atoms with van der Waals surface area (Å²) in [4.78, 5) is 43.6. The number of esters is 1. The topological polar surface area (TPSA) is 70.2 Å². The monoisotopic (exact) mass is 401 g/mol. The summed E-state index contributed by atoms with van der Waals surface area (Å²) < 4.78 is 4.89. The number of thiophene rings is 1. The molecule has 1 aromatic carbocycles. The highest BCUT2D eigenvalue weighted by Gasteiger charge is 2.38. The van der Waals surface area contributed by atoms with E-state index in [1.165, 1.54) is 23.3 Å². The van der Waals surface area contributed by atoms with Gasteiger partial charge in [0.1, 0.15) is 6.04 Å². The van der Waals surface area contributed by atoms with Crippen LogP contribution in [0.25, 0.3) is 0 Å². The van der Waals surface area contributed by atoms with E-state index in [1.54, 1.807) is 29.2 Å². The van der Waals surface area contributed by atoms with Crippen LogP contribution in [-0.4, -0.2) is 74.5 Å². The molecule has 1 fully saturated rings. The summed E-state index contributed by atoms with van der Waals surface area (Å²) in [5, 5.41) is 1.82. The first-order chi connectivity index (χ1) is 13.4. The van der Waals surface area contributed by atoms with Gasteiger partial charge in [0.2, 0.25) is 0 Å². The van der Waals surface area contributed by atoms with Crippen LogP contribution in [0.2, 0.25) is 0 Å². The van der Waals surface area contributed by atoms with Gasteiger partial charge in [-0.2, -0.15) is 0 Å². The molecule has 0 radical (unpaired) electrons. The summed E-state index contributed by atoms with van der Waals surface area (Å²) in [7, 11) is 5.15. The van der Waals surface area contributed by atoms with Crippen molar-refractivity contribution in [1.82, 2.24) is 9.80 Å². The molecule has 1 aliphatic heterocycles. The van der Waals surface area contributed by atoms with E-state index < -0.39 is 12.0 Å². The van der Waals surface area contributed by atoms with Gasteiger partial charge in [0.05, 0.1) is 18.5 Å². The fourth-order valence-corrected chi connectivity index (χ4v) is 3.85. The second-order valence-corrected chi connectivity index (χ2v) is 7.65. The normalized spacial score (nSPS) is 16.6. The number of methoxy groups -OCH3 is 1. The van der Waals surface area contributed by atoms with Crippen molar-refractivity contribution < 1.29 is 19.1 Å². The highest BCUT2D eigenvalue weighted by molar-refractivity contribution is 7.12. The van der Waals surface area contributed by atoms with Crippen molar-refractivity contribution in [3.63, 3.8) is 0 Å². The molecule has 8 heteroatoms. The SMILES string of the molecule is COC(=O)C1CN(C(=O)c2ccc(N(C)C)cc2)CCN1C(=O)c1cccs1. The molecule has 28 heavy (non-hydrogen) atoms. The highest BCUT2D eigenvalue weighted by Crippen LogP contribution is 2.20. The van der Waals surface area contributed by atoms with Crippen LogP contribution in [0.1, 0.15) is 20.0 Å². The summed E-state index contributed by atoms with van der Waals surface area (Å²) >= 11 is 1.33. The number of hydrogen-bond donors (Lipinski definition) is 0. The van der Waals surface area contributed by atoms with Crippen molar-refractivity contribution in [2.24, 2.45) is 0 Å². The van der Waals surface area contributed by atoms with Crippen LogP contribution >= 0.6 is 11.3 Å². The number of hydrogen-bond acceptors (Lipinski definition) is 6. The predicted molar refractivity (Wildman–Crippen MR) is 108 cm³/mol. The smallest absolute Gasteiger partial charge is 0.330 e. The first-order valence-corrected chi connectivity index (χ1v) is 9.79. The third-order valence-electron chi connectivity index (χ3n) is 4.76. The van der Waals surface area contributed by atoms with Crippen molar-refractivity contribution in [2.45, 2.75) is 6.04 Å². The quantitative estimate of drug-likeness (QED) is 0.733. The van der Waals surface area contributed by atoms with Crippen molar-refractivity contribution in [3.05, 3.63) is 52.2 Å². The molecule has 1 aromatic heterocycles. The second-order valence-electron chi connectivity index (χ2n) is 6.71. The molecule has 3 rings (SSSR count). The third-order valence-corrected chi connectivity index (χ3v) is 5.62. The molecular formula is C20H23N3O4S. The Morgan fingerprint density at radius 3 is 2.36 bits per heavy atom. The van der Waals surface area contributed by atoms with Gasteiger partial charge in [-0.15, -0.1) is 11.3 Å². The van der Waals surface area contributed by atoms with E-state index in [0.717, 1.165) is 5.69 Å². The maximum atomic E-state index is 12.9. The van der Waals surface area contributed by atoms with Gasteiger partial charge in [-0.05, 0) is 35.7 Å². The maximum absolute atomic E-state index is 12.9. The molecule has 148 valence electrons. The number of benzene rings is 1. The fraction of sp³-hybridized carbons (Fsp3) is 0.350. The summed E-state index contributed by atoms with van der Waals surface area (Å²) in [5.74, 6) is -0.902. The lowest BCUT2D eigenvalue weighted by molar-refractivity contribution is -0.147. The minimum absolute atomic E-state index is 0.109. The van der Waals surface area contributed by atoms with E-state index in [9.17, 15) is 14.4 Å². The lowest BCUT2D eigenvalue weighted by atomic mass is 10.1. The minimum atomic E-state index is -0.821. The summed E-state index contributed by atoms with van der Waals surface area (Å²) in [6.45, 7) is 0.745. The average Bonchev–Trinajstić information content (AvgIpc) is 3.26. The Morgan fingerprint density at radius 2 is 1.79 bits per heavy atom. The molecule has 1 unspecified atom stereocenters. The third kappa shape index (κ3) is 4.01. The fourth-order valence-electron chi connectivity index (χ4n) is 3.17. The molecule has 2 amide bonds. The molecule has 1 aliphatic rings. The Morgan fingerprint density at radius 1 is 1.07 bits per heavy atom. The van der Waals surface area contributed by atoms with Crippen LogP contribution in [0, 0.1) is 0 Å². The van der Waals surface area contributed by atoms with Gasteiger partial charge in [0, 0.05) is 38.4 Å². The van der Waals surface area contributed by atoms with E-state index in [2.05, 4.69) is 0 Å². The zero-order chi connectivity index (χ0) is 20.3. The Kier molecular flexibility index (Phi) is 5.99. The van der Waals surface area contributed by atoms with Crippen molar-refractivity contribution in [3.8, 4) is 0 Å². The molecule has 2 heterocycles. The van der Waals surface area contributed by atoms with E-state index in [-0.39, 0.29) is 24.9 Å². The number of carbonyl (C=O) groups is 3. The first-order valence-electron chi connectivity index (χ1n) is 8.91. The van der Waals surface area contributed by atoms with Crippen LogP contribution < -0.4 is 4.90 Å². The molecule has 0 aliphatic carbocycles.